The van der Waals surface area contributed by atoms with Gasteiger partial charge >= 0.3 is 0 Å². The number of carbonyl (C=O) groups is 1. The van der Waals surface area contributed by atoms with Crippen LogP contribution >= 0.6 is 11.6 Å². The summed E-state index contributed by atoms with van der Waals surface area (Å²) >= 11 is 6.13. The first kappa shape index (κ1) is 13.6. The van der Waals surface area contributed by atoms with Gasteiger partial charge in [-0.3, -0.25) is 4.79 Å². The lowest BCUT2D eigenvalue weighted by Crippen LogP contribution is -2.13. The lowest BCUT2D eigenvalue weighted by molar-refractivity contribution is -0.116. The standard InChI is InChI=1S/C15H15ClN2O/c1-11(2)15(19)14(18-8-7-17-10-18)9-12-5-3-4-6-13(12)16/h3-11H,1-2H3/b14-9-. The molecule has 19 heavy (non-hydrogen) atoms. The number of nitrogens with zero attached hydrogens (tertiary/aromatic N) is 2. The number of hydrogen-bond acceptors (Lipinski definition) is 2. The zero-order valence-corrected chi connectivity index (χ0v) is 11.6. The Kier molecular flexibility index (Phi) is 4.17. The van der Waals surface area contributed by atoms with Crippen molar-refractivity contribution < 1.29 is 4.79 Å². The fourth-order valence-corrected chi connectivity index (χ4v) is 1.90. The lowest BCUT2D eigenvalue weighted by atomic mass is 10.0. The Bertz CT molecular complexity index is 600. The van der Waals surface area contributed by atoms with Crippen LogP contribution in [0.2, 0.25) is 5.02 Å². The third-order valence-electron chi connectivity index (χ3n) is 2.76. The van der Waals surface area contributed by atoms with Crippen molar-refractivity contribution in [3.8, 4) is 0 Å². The number of carbonyl (C=O) groups excluding carboxylic acids is 1. The monoisotopic (exact) mass is 274 g/mol. The van der Waals surface area contributed by atoms with E-state index in [1.165, 1.54) is 0 Å². The van der Waals surface area contributed by atoms with Crippen molar-refractivity contribution in [2.75, 3.05) is 0 Å². The van der Waals surface area contributed by atoms with Gasteiger partial charge in [0.05, 0.1) is 12.0 Å². The van der Waals surface area contributed by atoms with Crippen molar-refractivity contribution in [3.05, 3.63) is 53.6 Å². The summed E-state index contributed by atoms with van der Waals surface area (Å²) < 4.78 is 1.71. The van der Waals surface area contributed by atoms with Crippen LogP contribution in [0.1, 0.15) is 19.4 Å². The van der Waals surface area contributed by atoms with E-state index < -0.39 is 0 Å². The molecule has 0 saturated carbocycles. The average molecular weight is 275 g/mol. The number of benzene rings is 1. The number of rotatable bonds is 4. The molecule has 0 unspecified atom stereocenters. The van der Waals surface area contributed by atoms with Crippen LogP contribution < -0.4 is 0 Å². The maximum atomic E-state index is 12.3. The zero-order valence-electron chi connectivity index (χ0n) is 10.9. The van der Waals surface area contributed by atoms with Gasteiger partial charge < -0.3 is 4.57 Å². The van der Waals surface area contributed by atoms with Gasteiger partial charge in [-0.1, -0.05) is 43.6 Å². The van der Waals surface area contributed by atoms with Crippen molar-refractivity contribution in [1.82, 2.24) is 9.55 Å². The highest BCUT2D eigenvalue weighted by atomic mass is 35.5. The highest BCUT2D eigenvalue weighted by Crippen LogP contribution is 2.22. The number of Topliss-reactive ketones (excluding diaryl/α,β-unsaturated/α-hetero) is 1. The maximum Gasteiger partial charge on any atom is 0.182 e. The third-order valence-corrected chi connectivity index (χ3v) is 3.10. The molecule has 2 rings (SSSR count). The van der Waals surface area contributed by atoms with Crippen molar-refractivity contribution in [2.24, 2.45) is 5.92 Å². The Morgan fingerprint density at radius 1 is 1.37 bits per heavy atom. The van der Waals surface area contributed by atoms with Gasteiger partial charge in [-0.25, -0.2) is 4.98 Å². The maximum absolute atomic E-state index is 12.3. The Labute approximate surface area is 117 Å². The van der Waals surface area contributed by atoms with Crippen LogP contribution in [-0.2, 0) is 4.79 Å². The van der Waals surface area contributed by atoms with E-state index >= 15 is 0 Å². The quantitative estimate of drug-likeness (QED) is 0.796. The van der Waals surface area contributed by atoms with Crippen LogP contribution in [-0.4, -0.2) is 15.3 Å². The molecule has 0 aliphatic rings. The molecular weight excluding hydrogens is 260 g/mol. The molecule has 0 aliphatic carbocycles. The highest BCUT2D eigenvalue weighted by Gasteiger charge is 2.15. The molecule has 0 saturated heterocycles. The predicted octanol–water partition coefficient (Wildman–Crippen LogP) is 3.76. The number of halogens is 1. The van der Waals surface area contributed by atoms with E-state index in [4.69, 9.17) is 11.6 Å². The first-order chi connectivity index (χ1) is 9.09. The molecule has 0 radical (unpaired) electrons. The first-order valence-electron chi connectivity index (χ1n) is 6.08. The molecule has 98 valence electrons. The number of hydrogen-bond donors (Lipinski definition) is 0. The number of aromatic nitrogens is 2. The molecule has 1 aromatic heterocycles. The van der Waals surface area contributed by atoms with E-state index in [0.29, 0.717) is 10.7 Å². The first-order valence-corrected chi connectivity index (χ1v) is 6.46. The minimum atomic E-state index is -0.0869. The van der Waals surface area contributed by atoms with Crippen LogP contribution in [0, 0.1) is 5.92 Å². The topological polar surface area (TPSA) is 34.9 Å². The molecule has 3 nitrogen and oxygen atoms in total. The van der Waals surface area contributed by atoms with Crippen LogP contribution in [0.3, 0.4) is 0 Å². The predicted molar refractivity (Wildman–Crippen MR) is 77.7 cm³/mol. The SMILES string of the molecule is CC(C)C(=O)/C(=C/c1ccccc1Cl)n1ccnc1. The fraction of sp³-hybridized carbons (Fsp3) is 0.200. The smallest absolute Gasteiger partial charge is 0.182 e. The van der Waals surface area contributed by atoms with Gasteiger partial charge in [-0.05, 0) is 17.7 Å². The van der Waals surface area contributed by atoms with Gasteiger partial charge in [0.1, 0.15) is 0 Å². The fourth-order valence-electron chi connectivity index (χ4n) is 1.71. The molecule has 0 bridgehead atoms. The third kappa shape index (κ3) is 3.12. The van der Waals surface area contributed by atoms with E-state index in [1.54, 1.807) is 35.4 Å². The summed E-state index contributed by atoms with van der Waals surface area (Å²) in [7, 11) is 0. The number of ketones is 1. The average Bonchev–Trinajstić information content (AvgIpc) is 2.90. The molecular formula is C15H15ClN2O. The summed E-state index contributed by atoms with van der Waals surface area (Å²) in [6.07, 6.45) is 6.81. The number of allylic oxidation sites excluding steroid dienone is 1. The second kappa shape index (κ2) is 5.85. The molecule has 0 atom stereocenters. The summed E-state index contributed by atoms with van der Waals surface area (Å²) in [6.45, 7) is 3.75. The Morgan fingerprint density at radius 3 is 2.68 bits per heavy atom. The van der Waals surface area contributed by atoms with Crippen LogP contribution in [0.4, 0.5) is 0 Å². The van der Waals surface area contributed by atoms with E-state index in [0.717, 1.165) is 5.56 Å². The number of imidazole rings is 1. The van der Waals surface area contributed by atoms with Crippen LogP contribution in [0.25, 0.3) is 11.8 Å². The minimum Gasteiger partial charge on any atom is -0.303 e. The largest absolute Gasteiger partial charge is 0.303 e. The Morgan fingerprint density at radius 2 is 2.11 bits per heavy atom. The highest BCUT2D eigenvalue weighted by molar-refractivity contribution is 6.32. The molecule has 0 N–H and O–H groups in total. The van der Waals surface area contributed by atoms with Gasteiger partial charge in [-0.2, -0.15) is 0 Å². The van der Waals surface area contributed by atoms with Crippen molar-refractivity contribution in [3.63, 3.8) is 0 Å². The molecule has 0 amide bonds. The summed E-state index contributed by atoms with van der Waals surface area (Å²) in [5.41, 5.74) is 1.39. The van der Waals surface area contributed by atoms with E-state index in [1.807, 2.05) is 32.0 Å². The summed E-state index contributed by atoms with van der Waals surface area (Å²) in [4.78, 5) is 16.3. The molecule has 0 aliphatic heterocycles. The van der Waals surface area contributed by atoms with E-state index in [9.17, 15) is 4.79 Å². The molecule has 2 aromatic rings. The second-order valence-electron chi connectivity index (χ2n) is 4.54. The van der Waals surface area contributed by atoms with Crippen LogP contribution in [0.15, 0.2) is 43.0 Å². The van der Waals surface area contributed by atoms with Crippen molar-refractivity contribution >= 4 is 29.2 Å². The van der Waals surface area contributed by atoms with E-state index in [-0.39, 0.29) is 11.7 Å². The summed E-state index contributed by atoms with van der Waals surface area (Å²) in [5.74, 6) is -0.0333. The lowest BCUT2D eigenvalue weighted by Gasteiger charge is -2.10. The Balaban J connectivity index is 2.50. The molecule has 1 heterocycles. The van der Waals surface area contributed by atoms with Crippen molar-refractivity contribution in [2.45, 2.75) is 13.8 Å². The van der Waals surface area contributed by atoms with Gasteiger partial charge in [0, 0.05) is 23.3 Å². The van der Waals surface area contributed by atoms with Gasteiger partial charge in [0.15, 0.2) is 5.78 Å². The van der Waals surface area contributed by atoms with Gasteiger partial charge in [0.2, 0.25) is 0 Å². The summed E-state index contributed by atoms with van der Waals surface area (Å²) in [5, 5.41) is 0.622. The normalized spacial score (nSPS) is 11.9. The summed E-state index contributed by atoms with van der Waals surface area (Å²) in [6, 6.07) is 7.44. The molecule has 0 spiro atoms. The van der Waals surface area contributed by atoms with Crippen LogP contribution in [0.5, 0.6) is 0 Å². The van der Waals surface area contributed by atoms with Gasteiger partial charge in [0.25, 0.3) is 0 Å². The molecule has 0 fully saturated rings. The molecule has 4 heteroatoms. The minimum absolute atomic E-state index is 0.0536. The molecule has 1 aromatic carbocycles. The second-order valence-corrected chi connectivity index (χ2v) is 4.95. The Hall–Kier alpha value is -1.87. The van der Waals surface area contributed by atoms with Gasteiger partial charge in [-0.15, -0.1) is 0 Å². The van der Waals surface area contributed by atoms with Crippen molar-refractivity contribution in [1.29, 1.82) is 0 Å². The zero-order chi connectivity index (χ0) is 13.8. The van der Waals surface area contributed by atoms with E-state index in [2.05, 4.69) is 4.98 Å².